The van der Waals surface area contributed by atoms with E-state index in [-0.39, 0.29) is 0 Å². The van der Waals surface area contributed by atoms with Crippen LogP contribution in [0.3, 0.4) is 0 Å². The number of anilines is 1. The highest BCUT2D eigenvalue weighted by atomic mass is 16.5. The number of ether oxygens (including phenoxy) is 2. The fraction of sp³-hybridized carbons (Fsp3) is 0.250. The molecule has 0 aliphatic rings. The van der Waals surface area contributed by atoms with Gasteiger partial charge in [-0.2, -0.15) is 10.2 Å². The summed E-state index contributed by atoms with van der Waals surface area (Å²) < 4.78 is 17.7. The minimum Gasteiger partial charge on any atom is -0.493 e. The number of nitrogens with one attached hydrogen (secondary N) is 1. The standard InChI is InChI=1S/C20H22N6O3/c1-27-15-8-7-13(11-17(15)28-2)5-3-9-26-18(21)14(12-22-26)19-23-20(25-24-19)16-6-4-10-29-16/h4,6-8,10-12H,3,5,9,21H2,1-2H3,(H,23,24,25). The van der Waals surface area contributed by atoms with Crippen molar-refractivity contribution in [3.05, 3.63) is 48.4 Å². The number of aryl methyl sites for hydroxylation is 2. The van der Waals surface area contributed by atoms with E-state index in [9.17, 15) is 0 Å². The maximum atomic E-state index is 6.27. The van der Waals surface area contributed by atoms with Crippen LogP contribution in [0.25, 0.3) is 23.0 Å². The zero-order valence-corrected chi connectivity index (χ0v) is 16.3. The molecule has 150 valence electrons. The molecule has 0 bridgehead atoms. The molecule has 0 fully saturated rings. The van der Waals surface area contributed by atoms with E-state index in [2.05, 4.69) is 20.3 Å². The molecule has 3 N–H and O–H groups in total. The summed E-state index contributed by atoms with van der Waals surface area (Å²) >= 11 is 0. The van der Waals surface area contributed by atoms with Gasteiger partial charge in [-0.25, -0.2) is 9.67 Å². The number of benzene rings is 1. The molecule has 4 rings (SSSR count). The predicted molar refractivity (Wildman–Crippen MR) is 108 cm³/mol. The van der Waals surface area contributed by atoms with Crippen LogP contribution in [0.5, 0.6) is 11.5 Å². The van der Waals surface area contributed by atoms with Crippen LogP contribution in [0.4, 0.5) is 5.82 Å². The highest BCUT2D eigenvalue weighted by Crippen LogP contribution is 2.28. The smallest absolute Gasteiger partial charge is 0.192 e. The first-order chi connectivity index (χ1) is 14.2. The van der Waals surface area contributed by atoms with Crippen LogP contribution in [-0.4, -0.2) is 39.2 Å². The molecule has 0 saturated heterocycles. The molecule has 0 unspecified atom stereocenters. The van der Waals surface area contributed by atoms with Crippen molar-refractivity contribution in [2.75, 3.05) is 20.0 Å². The summed E-state index contributed by atoms with van der Waals surface area (Å²) in [6.07, 6.45) is 4.99. The minimum atomic E-state index is 0.486. The molecule has 29 heavy (non-hydrogen) atoms. The quantitative estimate of drug-likeness (QED) is 0.471. The number of hydrogen-bond donors (Lipinski definition) is 2. The number of furan rings is 1. The van der Waals surface area contributed by atoms with Crippen LogP contribution in [0.15, 0.2) is 47.2 Å². The highest BCUT2D eigenvalue weighted by Gasteiger charge is 2.16. The molecule has 0 spiro atoms. The molecular weight excluding hydrogens is 372 g/mol. The SMILES string of the molecule is COc1ccc(CCCn2ncc(-c3n[nH]c(-c4ccco4)n3)c2N)cc1OC. The number of nitrogen functional groups attached to an aromatic ring is 1. The third-order valence-electron chi connectivity index (χ3n) is 4.64. The van der Waals surface area contributed by atoms with E-state index in [1.165, 1.54) is 0 Å². The highest BCUT2D eigenvalue weighted by molar-refractivity contribution is 5.68. The Kier molecular flexibility index (Phi) is 5.19. The first-order valence-electron chi connectivity index (χ1n) is 9.18. The lowest BCUT2D eigenvalue weighted by molar-refractivity contribution is 0.354. The van der Waals surface area contributed by atoms with Crippen molar-refractivity contribution in [2.24, 2.45) is 0 Å². The topological polar surface area (TPSA) is 117 Å². The van der Waals surface area contributed by atoms with Gasteiger partial charge in [0.15, 0.2) is 28.9 Å². The Bertz CT molecular complexity index is 1080. The lowest BCUT2D eigenvalue weighted by atomic mass is 10.1. The Morgan fingerprint density at radius 2 is 2.03 bits per heavy atom. The van der Waals surface area contributed by atoms with Crippen molar-refractivity contribution in [1.29, 1.82) is 0 Å². The molecule has 0 atom stereocenters. The van der Waals surface area contributed by atoms with Gasteiger partial charge in [0, 0.05) is 6.54 Å². The fourth-order valence-corrected chi connectivity index (χ4v) is 3.12. The van der Waals surface area contributed by atoms with E-state index in [1.54, 1.807) is 37.4 Å². The van der Waals surface area contributed by atoms with Crippen LogP contribution in [0, 0.1) is 0 Å². The van der Waals surface area contributed by atoms with E-state index < -0.39 is 0 Å². The van der Waals surface area contributed by atoms with Gasteiger partial charge in [-0.05, 0) is 42.7 Å². The third-order valence-corrected chi connectivity index (χ3v) is 4.64. The van der Waals surface area contributed by atoms with Gasteiger partial charge in [0.2, 0.25) is 0 Å². The molecular formula is C20H22N6O3. The molecule has 0 saturated carbocycles. The second kappa shape index (κ2) is 8.09. The summed E-state index contributed by atoms with van der Waals surface area (Å²) in [5, 5.41) is 11.5. The number of methoxy groups -OCH3 is 2. The molecule has 0 amide bonds. The van der Waals surface area contributed by atoms with Crippen molar-refractivity contribution >= 4 is 5.82 Å². The summed E-state index contributed by atoms with van der Waals surface area (Å²) in [5.74, 6) is 3.62. The van der Waals surface area contributed by atoms with Crippen LogP contribution in [0.2, 0.25) is 0 Å². The Morgan fingerprint density at radius 1 is 1.17 bits per heavy atom. The van der Waals surface area contributed by atoms with Crippen molar-refractivity contribution in [3.8, 4) is 34.5 Å². The molecule has 0 aliphatic carbocycles. The lowest BCUT2D eigenvalue weighted by Crippen LogP contribution is -2.06. The number of nitrogens with two attached hydrogens (primary N) is 1. The van der Waals surface area contributed by atoms with Gasteiger partial charge in [0.25, 0.3) is 0 Å². The number of hydrogen-bond acceptors (Lipinski definition) is 7. The van der Waals surface area contributed by atoms with Crippen molar-refractivity contribution in [1.82, 2.24) is 25.0 Å². The first kappa shape index (κ1) is 18.6. The van der Waals surface area contributed by atoms with Crippen LogP contribution >= 0.6 is 0 Å². The average molecular weight is 394 g/mol. The first-order valence-corrected chi connectivity index (χ1v) is 9.18. The summed E-state index contributed by atoms with van der Waals surface area (Å²) in [4.78, 5) is 4.44. The van der Waals surface area contributed by atoms with Gasteiger partial charge in [0.05, 0.1) is 32.2 Å². The van der Waals surface area contributed by atoms with E-state index in [4.69, 9.17) is 19.6 Å². The average Bonchev–Trinajstić information content (AvgIpc) is 3.49. The Balaban J connectivity index is 1.42. The number of aromatic amines is 1. The molecule has 3 aromatic heterocycles. The lowest BCUT2D eigenvalue weighted by Gasteiger charge is -2.10. The van der Waals surface area contributed by atoms with E-state index in [0.29, 0.717) is 35.3 Å². The van der Waals surface area contributed by atoms with Crippen LogP contribution in [-0.2, 0) is 13.0 Å². The Labute approximate surface area is 167 Å². The molecule has 0 radical (unpaired) electrons. The third kappa shape index (κ3) is 3.79. The van der Waals surface area contributed by atoms with Crippen LogP contribution in [0.1, 0.15) is 12.0 Å². The Hall–Kier alpha value is -3.75. The molecule has 1 aromatic carbocycles. The van der Waals surface area contributed by atoms with Crippen molar-refractivity contribution < 1.29 is 13.9 Å². The monoisotopic (exact) mass is 394 g/mol. The number of H-pyrrole nitrogens is 1. The van der Waals surface area contributed by atoms with Gasteiger partial charge in [-0.3, -0.25) is 5.10 Å². The molecule has 4 aromatic rings. The van der Waals surface area contributed by atoms with E-state index in [0.717, 1.165) is 29.9 Å². The van der Waals surface area contributed by atoms with Crippen molar-refractivity contribution in [2.45, 2.75) is 19.4 Å². The van der Waals surface area contributed by atoms with Gasteiger partial charge in [-0.1, -0.05) is 6.07 Å². The zero-order chi connectivity index (χ0) is 20.2. The van der Waals surface area contributed by atoms with Gasteiger partial charge < -0.3 is 19.6 Å². The Morgan fingerprint density at radius 3 is 2.79 bits per heavy atom. The van der Waals surface area contributed by atoms with Gasteiger partial charge in [-0.15, -0.1) is 0 Å². The molecule has 9 nitrogen and oxygen atoms in total. The molecule has 3 heterocycles. The number of nitrogens with zero attached hydrogens (tertiary/aromatic N) is 4. The molecule has 0 aliphatic heterocycles. The summed E-state index contributed by atoms with van der Waals surface area (Å²) in [6.45, 7) is 0.676. The predicted octanol–water partition coefficient (Wildman–Crippen LogP) is 3.16. The fourth-order valence-electron chi connectivity index (χ4n) is 3.12. The maximum Gasteiger partial charge on any atom is 0.192 e. The largest absolute Gasteiger partial charge is 0.493 e. The minimum absolute atomic E-state index is 0.486. The zero-order valence-electron chi connectivity index (χ0n) is 16.3. The number of rotatable bonds is 8. The van der Waals surface area contributed by atoms with Crippen LogP contribution < -0.4 is 15.2 Å². The maximum absolute atomic E-state index is 6.27. The summed E-state index contributed by atoms with van der Waals surface area (Å²) in [7, 11) is 3.26. The van der Waals surface area contributed by atoms with E-state index >= 15 is 0 Å². The number of aromatic nitrogens is 5. The van der Waals surface area contributed by atoms with Gasteiger partial charge >= 0.3 is 0 Å². The molecule has 9 heteroatoms. The van der Waals surface area contributed by atoms with Gasteiger partial charge in [0.1, 0.15) is 5.82 Å². The van der Waals surface area contributed by atoms with Crippen molar-refractivity contribution in [3.63, 3.8) is 0 Å². The second-order valence-corrected chi connectivity index (χ2v) is 6.44. The summed E-state index contributed by atoms with van der Waals surface area (Å²) in [6, 6.07) is 9.53. The summed E-state index contributed by atoms with van der Waals surface area (Å²) in [5.41, 5.74) is 8.12. The second-order valence-electron chi connectivity index (χ2n) is 6.44. The normalized spacial score (nSPS) is 11.0. The van der Waals surface area contributed by atoms with E-state index in [1.807, 2.05) is 24.3 Å².